The van der Waals surface area contributed by atoms with Crippen LogP contribution in [0.1, 0.15) is 60.9 Å². The number of ether oxygens (including phenoxy) is 3. The third-order valence-corrected chi connectivity index (χ3v) is 8.04. The smallest absolute Gasteiger partial charge is 0.255 e. The largest absolute Gasteiger partial charge is 0.489 e. The number of nitrogens with one attached hydrogen (secondary N) is 1. The molecule has 4 aliphatic heterocycles. The number of amides is 3. The first kappa shape index (κ1) is 22.0. The molecule has 182 valence electrons. The van der Waals surface area contributed by atoms with Crippen molar-refractivity contribution < 1.29 is 28.6 Å². The molecule has 1 aromatic carbocycles. The van der Waals surface area contributed by atoms with Crippen molar-refractivity contribution in [2.75, 3.05) is 26.3 Å². The average Bonchev–Trinajstić information content (AvgIpc) is 3.55. The fraction of sp³-hybridized carbons (Fsp3) is 0.640. The Kier molecular flexibility index (Phi) is 5.58. The Morgan fingerprint density at radius 3 is 2.59 bits per heavy atom. The molecule has 6 rings (SSSR count). The van der Waals surface area contributed by atoms with Crippen LogP contribution in [0.15, 0.2) is 18.2 Å². The van der Waals surface area contributed by atoms with Crippen molar-refractivity contribution in [1.82, 2.24) is 15.1 Å². The molecule has 0 radical (unpaired) electrons. The fourth-order valence-corrected chi connectivity index (χ4v) is 6.24. The summed E-state index contributed by atoms with van der Waals surface area (Å²) < 4.78 is 18.2. The third kappa shape index (κ3) is 3.89. The fourth-order valence-electron chi connectivity index (χ4n) is 6.24. The van der Waals surface area contributed by atoms with Gasteiger partial charge < -0.3 is 19.1 Å². The van der Waals surface area contributed by atoms with Gasteiger partial charge in [-0.3, -0.25) is 24.6 Å². The van der Waals surface area contributed by atoms with Crippen molar-refractivity contribution in [2.45, 2.75) is 75.5 Å². The summed E-state index contributed by atoms with van der Waals surface area (Å²) in [6, 6.07) is 5.39. The normalized spacial score (nSPS) is 31.2. The van der Waals surface area contributed by atoms with Crippen LogP contribution in [-0.2, 0) is 25.6 Å². The van der Waals surface area contributed by atoms with E-state index in [0.29, 0.717) is 37.8 Å². The second kappa shape index (κ2) is 8.62. The maximum atomic E-state index is 12.9. The molecule has 1 spiro atoms. The first-order valence-electron chi connectivity index (χ1n) is 12.5. The number of rotatable bonds is 4. The Morgan fingerprint density at radius 2 is 1.82 bits per heavy atom. The van der Waals surface area contributed by atoms with E-state index in [1.807, 2.05) is 18.2 Å². The SMILES string of the molecule is O=C1CCC(N2Cc3cc(O[C@@H]4CCC[C@H]4N4CCC5(CC4)OCCO5)ccc3C2=O)C(=O)N1. The van der Waals surface area contributed by atoms with E-state index in [4.69, 9.17) is 14.2 Å². The molecule has 4 fully saturated rings. The summed E-state index contributed by atoms with van der Waals surface area (Å²) in [6.45, 7) is 3.64. The number of piperidine rings is 2. The zero-order valence-corrected chi connectivity index (χ0v) is 19.3. The number of carbonyl (C=O) groups is 3. The van der Waals surface area contributed by atoms with E-state index < -0.39 is 6.04 Å². The summed E-state index contributed by atoms with van der Waals surface area (Å²) >= 11 is 0. The molecule has 5 aliphatic rings. The van der Waals surface area contributed by atoms with Gasteiger partial charge in [0.15, 0.2) is 5.79 Å². The van der Waals surface area contributed by atoms with Gasteiger partial charge in [-0.15, -0.1) is 0 Å². The Labute approximate surface area is 198 Å². The van der Waals surface area contributed by atoms with Gasteiger partial charge in [-0.1, -0.05) is 0 Å². The number of hydrogen-bond donors (Lipinski definition) is 1. The molecular formula is C25H31N3O6. The molecule has 1 aromatic rings. The molecule has 1 N–H and O–H groups in total. The van der Waals surface area contributed by atoms with E-state index in [-0.39, 0.29) is 36.0 Å². The first-order valence-corrected chi connectivity index (χ1v) is 12.5. The Bertz CT molecular complexity index is 996. The monoisotopic (exact) mass is 469 g/mol. The van der Waals surface area contributed by atoms with Crippen molar-refractivity contribution in [3.8, 4) is 5.75 Å². The predicted molar refractivity (Wildman–Crippen MR) is 120 cm³/mol. The molecule has 34 heavy (non-hydrogen) atoms. The molecule has 3 atom stereocenters. The van der Waals surface area contributed by atoms with Gasteiger partial charge in [-0.25, -0.2) is 0 Å². The van der Waals surface area contributed by atoms with Crippen LogP contribution in [0.4, 0.5) is 0 Å². The number of nitrogens with zero attached hydrogens (tertiary/aromatic N) is 2. The summed E-state index contributed by atoms with van der Waals surface area (Å²) in [5.41, 5.74) is 1.48. The van der Waals surface area contributed by atoms with Gasteiger partial charge in [0.2, 0.25) is 11.8 Å². The van der Waals surface area contributed by atoms with E-state index in [1.165, 1.54) is 0 Å². The first-order chi connectivity index (χ1) is 16.5. The number of benzene rings is 1. The molecule has 3 saturated heterocycles. The second-order valence-corrected chi connectivity index (χ2v) is 10.0. The lowest BCUT2D eigenvalue weighted by atomic mass is 10.0. The molecule has 1 unspecified atom stereocenters. The Balaban J connectivity index is 1.11. The maximum Gasteiger partial charge on any atom is 0.255 e. The molecule has 3 amide bonds. The van der Waals surface area contributed by atoms with Gasteiger partial charge >= 0.3 is 0 Å². The summed E-state index contributed by atoms with van der Waals surface area (Å²) in [5, 5.41) is 2.35. The van der Waals surface area contributed by atoms with E-state index in [9.17, 15) is 14.4 Å². The van der Waals surface area contributed by atoms with Gasteiger partial charge in [-0.05, 0) is 49.4 Å². The van der Waals surface area contributed by atoms with Gasteiger partial charge in [0.1, 0.15) is 17.9 Å². The molecule has 9 nitrogen and oxygen atoms in total. The molecule has 0 aromatic heterocycles. The lowest BCUT2D eigenvalue weighted by molar-refractivity contribution is -0.189. The lowest BCUT2D eigenvalue weighted by Gasteiger charge is -2.41. The lowest BCUT2D eigenvalue weighted by Crippen LogP contribution is -2.52. The van der Waals surface area contributed by atoms with E-state index >= 15 is 0 Å². The van der Waals surface area contributed by atoms with Crippen LogP contribution >= 0.6 is 0 Å². The minimum Gasteiger partial charge on any atom is -0.489 e. The summed E-state index contributed by atoms with van der Waals surface area (Å²) in [5.74, 6) is -0.427. The van der Waals surface area contributed by atoms with Gasteiger partial charge in [0, 0.05) is 50.5 Å². The third-order valence-electron chi connectivity index (χ3n) is 8.04. The number of carbonyl (C=O) groups excluding carboxylic acids is 3. The summed E-state index contributed by atoms with van der Waals surface area (Å²) in [4.78, 5) is 40.8. The number of imide groups is 1. The predicted octanol–water partition coefficient (Wildman–Crippen LogP) is 1.59. The maximum absolute atomic E-state index is 12.9. The van der Waals surface area contributed by atoms with Crippen molar-refractivity contribution >= 4 is 17.7 Å². The van der Waals surface area contributed by atoms with Crippen molar-refractivity contribution in [2.24, 2.45) is 0 Å². The van der Waals surface area contributed by atoms with Crippen molar-refractivity contribution in [3.63, 3.8) is 0 Å². The van der Waals surface area contributed by atoms with Crippen LogP contribution in [0.25, 0.3) is 0 Å². The highest BCUT2D eigenvalue weighted by molar-refractivity contribution is 6.05. The van der Waals surface area contributed by atoms with E-state index in [0.717, 1.165) is 56.5 Å². The number of fused-ring (bicyclic) bond motifs is 1. The Hall–Kier alpha value is -2.49. The van der Waals surface area contributed by atoms with Crippen LogP contribution in [-0.4, -0.2) is 77.8 Å². The molecule has 9 heteroatoms. The van der Waals surface area contributed by atoms with E-state index in [1.54, 1.807) is 4.90 Å². The number of hydrogen-bond acceptors (Lipinski definition) is 7. The van der Waals surface area contributed by atoms with Crippen molar-refractivity contribution in [1.29, 1.82) is 0 Å². The summed E-state index contributed by atoms with van der Waals surface area (Å²) in [6.07, 6.45) is 5.79. The quantitative estimate of drug-likeness (QED) is 0.669. The second-order valence-electron chi connectivity index (χ2n) is 10.0. The standard InChI is InChI=1S/C25H31N3O6/c29-22-7-6-20(23(30)26-22)28-15-16-14-17(4-5-18(16)24(28)31)34-21-3-1-2-19(21)27-10-8-25(9-11-27)32-12-13-33-25/h4-5,14,19-21H,1-3,6-13,15H2,(H,26,29,30)/t19-,20?,21-/m1/s1. The number of likely N-dealkylation sites (tertiary alicyclic amines) is 1. The summed E-state index contributed by atoms with van der Waals surface area (Å²) in [7, 11) is 0. The van der Waals surface area contributed by atoms with Crippen LogP contribution in [0.3, 0.4) is 0 Å². The molecule has 1 saturated carbocycles. The average molecular weight is 470 g/mol. The van der Waals surface area contributed by atoms with Crippen molar-refractivity contribution in [3.05, 3.63) is 29.3 Å². The molecule has 1 aliphatic carbocycles. The topological polar surface area (TPSA) is 97.4 Å². The zero-order chi connectivity index (χ0) is 23.3. The highest BCUT2D eigenvalue weighted by atomic mass is 16.7. The minimum atomic E-state index is -0.601. The van der Waals surface area contributed by atoms with Gasteiger partial charge in [-0.2, -0.15) is 0 Å². The molecule has 0 bridgehead atoms. The highest BCUT2D eigenvalue weighted by Gasteiger charge is 2.44. The highest BCUT2D eigenvalue weighted by Crippen LogP contribution is 2.37. The van der Waals surface area contributed by atoms with Crippen LogP contribution in [0.5, 0.6) is 5.75 Å². The van der Waals surface area contributed by atoms with Crippen LogP contribution in [0.2, 0.25) is 0 Å². The Morgan fingerprint density at radius 1 is 1.03 bits per heavy atom. The van der Waals surface area contributed by atoms with Crippen LogP contribution < -0.4 is 10.1 Å². The van der Waals surface area contributed by atoms with Gasteiger partial charge in [0.05, 0.1) is 13.2 Å². The van der Waals surface area contributed by atoms with Crippen LogP contribution in [0, 0.1) is 0 Å². The molecule has 4 heterocycles. The van der Waals surface area contributed by atoms with E-state index in [2.05, 4.69) is 10.2 Å². The minimum absolute atomic E-state index is 0.112. The van der Waals surface area contributed by atoms with Gasteiger partial charge in [0.25, 0.3) is 5.91 Å². The molecular weight excluding hydrogens is 438 g/mol. The zero-order valence-electron chi connectivity index (χ0n) is 19.3.